The van der Waals surface area contributed by atoms with E-state index in [2.05, 4.69) is 34.1 Å². The smallest absolute Gasteiger partial charge is 0.150 e. The molecule has 1 unspecified atom stereocenters. The highest BCUT2D eigenvalue weighted by molar-refractivity contribution is 6.37. The first-order valence-corrected chi connectivity index (χ1v) is 7.81. The van der Waals surface area contributed by atoms with E-state index >= 15 is 0 Å². The van der Waals surface area contributed by atoms with Crippen LogP contribution in [0.25, 0.3) is 0 Å². The van der Waals surface area contributed by atoms with E-state index in [0.29, 0.717) is 21.9 Å². The Labute approximate surface area is 131 Å². The molecule has 6 heteroatoms. The summed E-state index contributed by atoms with van der Waals surface area (Å²) < 4.78 is 0. The Kier molecular flexibility index (Phi) is 5.35. The number of nitrogens with zero attached hydrogens (tertiary/aromatic N) is 3. The zero-order valence-corrected chi connectivity index (χ0v) is 13.8. The van der Waals surface area contributed by atoms with Gasteiger partial charge in [-0.05, 0) is 32.5 Å². The lowest BCUT2D eigenvalue weighted by Gasteiger charge is -2.32. The molecule has 1 aromatic rings. The number of nitrogens with one attached hydrogen (secondary N) is 1. The normalized spacial score (nSPS) is 20.9. The van der Waals surface area contributed by atoms with E-state index in [1.807, 2.05) is 7.05 Å². The van der Waals surface area contributed by atoms with E-state index in [4.69, 9.17) is 23.2 Å². The highest BCUT2D eigenvalue weighted by Gasteiger charge is 2.25. The summed E-state index contributed by atoms with van der Waals surface area (Å²) in [5.74, 6) is 1.51. The largest absolute Gasteiger partial charge is 0.372 e. The highest BCUT2D eigenvalue weighted by Crippen LogP contribution is 2.33. The first kappa shape index (κ1) is 15.7. The number of aromatic nitrogens is 1. The molecule has 1 atom stereocenters. The molecule has 2 rings (SSSR count). The standard InChI is InChI=1S/C14H22Cl2N4/c1-4-10-9-19(3)6-5-7-20(10)14-12(16)8-11(15)13(17-2)18-14/h8,10H,4-7,9H2,1-3H3,(H,17,18). The van der Waals surface area contributed by atoms with Gasteiger partial charge in [0.25, 0.3) is 0 Å². The first-order chi connectivity index (χ1) is 9.56. The van der Waals surface area contributed by atoms with E-state index in [0.717, 1.165) is 38.3 Å². The van der Waals surface area contributed by atoms with Gasteiger partial charge >= 0.3 is 0 Å². The van der Waals surface area contributed by atoms with E-state index in [9.17, 15) is 0 Å². The Morgan fingerprint density at radius 3 is 2.75 bits per heavy atom. The number of likely N-dealkylation sites (N-methyl/N-ethyl adjacent to an activating group) is 1. The third kappa shape index (κ3) is 3.30. The van der Waals surface area contributed by atoms with Crippen molar-refractivity contribution in [3.05, 3.63) is 16.1 Å². The van der Waals surface area contributed by atoms with Gasteiger partial charge < -0.3 is 15.1 Å². The first-order valence-electron chi connectivity index (χ1n) is 7.05. The van der Waals surface area contributed by atoms with Crippen LogP contribution in [0.5, 0.6) is 0 Å². The van der Waals surface area contributed by atoms with Gasteiger partial charge in [0.05, 0.1) is 10.0 Å². The minimum absolute atomic E-state index is 0.429. The van der Waals surface area contributed by atoms with Crippen LogP contribution in [-0.4, -0.2) is 49.7 Å². The molecule has 0 aromatic carbocycles. The average Bonchev–Trinajstić information content (AvgIpc) is 2.60. The molecule has 0 saturated carbocycles. The maximum atomic E-state index is 6.37. The molecule has 1 aromatic heterocycles. The second kappa shape index (κ2) is 6.83. The summed E-state index contributed by atoms with van der Waals surface area (Å²) in [5.41, 5.74) is 0. The van der Waals surface area contributed by atoms with Crippen LogP contribution in [0.3, 0.4) is 0 Å². The van der Waals surface area contributed by atoms with E-state index in [1.165, 1.54) is 0 Å². The summed E-state index contributed by atoms with van der Waals surface area (Å²) in [7, 11) is 3.99. The number of hydrogen-bond donors (Lipinski definition) is 1. The van der Waals surface area contributed by atoms with Gasteiger partial charge in [-0.1, -0.05) is 30.1 Å². The summed E-state index contributed by atoms with van der Waals surface area (Å²) in [6, 6.07) is 2.21. The summed E-state index contributed by atoms with van der Waals surface area (Å²) in [6.45, 7) is 5.32. The Morgan fingerprint density at radius 2 is 2.10 bits per heavy atom. The SMILES string of the molecule is CCC1CN(C)CCCN1c1nc(NC)c(Cl)cc1Cl. The predicted octanol–water partition coefficient (Wildman–Crippen LogP) is 3.35. The summed E-state index contributed by atoms with van der Waals surface area (Å²) in [5, 5.41) is 4.20. The lowest BCUT2D eigenvalue weighted by Crippen LogP contribution is -2.40. The Bertz CT molecular complexity index is 467. The topological polar surface area (TPSA) is 31.4 Å². The minimum atomic E-state index is 0.429. The van der Waals surface area contributed by atoms with Gasteiger partial charge in [-0.3, -0.25) is 0 Å². The van der Waals surface area contributed by atoms with E-state index in [-0.39, 0.29) is 0 Å². The number of rotatable bonds is 3. The van der Waals surface area contributed by atoms with Gasteiger partial charge in [0.15, 0.2) is 0 Å². The van der Waals surface area contributed by atoms with Crippen molar-refractivity contribution in [3.8, 4) is 0 Å². The highest BCUT2D eigenvalue weighted by atomic mass is 35.5. The molecule has 1 N–H and O–H groups in total. The van der Waals surface area contributed by atoms with Crippen LogP contribution < -0.4 is 10.2 Å². The Morgan fingerprint density at radius 1 is 1.35 bits per heavy atom. The van der Waals surface area contributed by atoms with Crippen LogP contribution in [0.4, 0.5) is 11.6 Å². The second-order valence-electron chi connectivity index (χ2n) is 5.25. The molecular formula is C14H22Cl2N4. The quantitative estimate of drug-likeness (QED) is 0.926. The fourth-order valence-electron chi connectivity index (χ4n) is 2.71. The fraction of sp³-hybridized carbons (Fsp3) is 0.643. The second-order valence-corrected chi connectivity index (χ2v) is 6.06. The molecule has 0 bridgehead atoms. The van der Waals surface area contributed by atoms with Crippen molar-refractivity contribution in [1.29, 1.82) is 0 Å². The van der Waals surface area contributed by atoms with Crippen molar-refractivity contribution in [2.24, 2.45) is 0 Å². The van der Waals surface area contributed by atoms with Crippen molar-refractivity contribution in [2.45, 2.75) is 25.8 Å². The van der Waals surface area contributed by atoms with Crippen molar-refractivity contribution in [2.75, 3.05) is 43.9 Å². The van der Waals surface area contributed by atoms with Crippen LogP contribution in [0.15, 0.2) is 6.07 Å². The molecule has 1 saturated heterocycles. The molecule has 4 nitrogen and oxygen atoms in total. The molecule has 1 fully saturated rings. The molecular weight excluding hydrogens is 295 g/mol. The van der Waals surface area contributed by atoms with Crippen LogP contribution in [0.1, 0.15) is 19.8 Å². The zero-order chi connectivity index (χ0) is 14.7. The van der Waals surface area contributed by atoms with Crippen LogP contribution in [-0.2, 0) is 0 Å². The molecule has 2 heterocycles. The van der Waals surface area contributed by atoms with Crippen molar-refractivity contribution in [3.63, 3.8) is 0 Å². The lowest BCUT2D eigenvalue weighted by atomic mass is 10.2. The molecule has 0 amide bonds. The number of pyridine rings is 1. The summed E-state index contributed by atoms with van der Waals surface area (Å²) >= 11 is 12.5. The summed E-state index contributed by atoms with van der Waals surface area (Å²) in [6.07, 6.45) is 2.18. The van der Waals surface area contributed by atoms with E-state index < -0.39 is 0 Å². The fourth-order valence-corrected chi connectivity index (χ4v) is 3.27. The third-order valence-electron chi connectivity index (χ3n) is 3.79. The Balaban J connectivity index is 2.37. The number of halogens is 2. The van der Waals surface area contributed by atoms with Crippen molar-refractivity contribution in [1.82, 2.24) is 9.88 Å². The van der Waals surface area contributed by atoms with E-state index in [1.54, 1.807) is 6.07 Å². The molecule has 0 aliphatic carbocycles. The van der Waals surface area contributed by atoms with Gasteiger partial charge in [-0.25, -0.2) is 4.98 Å². The molecule has 112 valence electrons. The van der Waals surface area contributed by atoms with Gasteiger partial charge in [-0.15, -0.1) is 0 Å². The van der Waals surface area contributed by atoms with Crippen LogP contribution in [0, 0.1) is 0 Å². The van der Waals surface area contributed by atoms with Crippen LogP contribution >= 0.6 is 23.2 Å². The minimum Gasteiger partial charge on any atom is -0.372 e. The maximum Gasteiger partial charge on any atom is 0.150 e. The molecule has 0 radical (unpaired) electrons. The molecule has 0 spiro atoms. The van der Waals surface area contributed by atoms with Gasteiger partial charge in [0.2, 0.25) is 0 Å². The average molecular weight is 317 g/mol. The predicted molar refractivity (Wildman–Crippen MR) is 87.3 cm³/mol. The maximum absolute atomic E-state index is 6.37. The van der Waals surface area contributed by atoms with Gasteiger partial charge in [-0.2, -0.15) is 0 Å². The Hall–Kier alpha value is -0.710. The molecule has 1 aliphatic heterocycles. The number of anilines is 2. The lowest BCUT2D eigenvalue weighted by molar-refractivity contribution is 0.327. The van der Waals surface area contributed by atoms with Gasteiger partial charge in [0, 0.05) is 26.2 Å². The van der Waals surface area contributed by atoms with Crippen molar-refractivity contribution < 1.29 is 0 Å². The zero-order valence-electron chi connectivity index (χ0n) is 12.3. The van der Waals surface area contributed by atoms with Crippen molar-refractivity contribution >= 4 is 34.8 Å². The monoisotopic (exact) mass is 316 g/mol. The molecule has 1 aliphatic rings. The summed E-state index contributed by atoms with van der Waals surface area (Å²) in [4.78, 5) is 9.31. The number of hydrogen-bond acceptors (Lipinski definition) is 4. The molecule has 20 heavy (non-hydrogen) atoms. The third-order valence-corrected chi connectivity index (χ3v) is 4.36. The van der Waals surface area contributed by atoms with Gasteiger partial charge in [0.1, 0.15) is 11.6 Å². The van der Waals surface area contributed by atoms with Crippen LogP contribution in [0.2, 0.25) is 10.0 Å².